The van der Waals surface area contributed by atoms with Crippen molar-refractivity contribution in [1.82, 2.24) is 9.97 Å². The Morgan fingerprint density at radius 2 is 1.71 bits per heavy atom. The zero-order chi connectivity index (χ0) is 14.5. The predicted octanol–water partition coefficient (Wildman–Crippen LogP) is 3.92. The molecule has 110 valence electrons. The van der Waals surface area contributed by atoms with E-state index in [1.807, 2.05) is 0 Å². The predicted molar refractivity (Wildman–Crippen MR) is 86.4 cm³/mol. The second kappa shape index (κ2) is 6.70. The molecule has 2 aromatic rings. The van der Waals surface area contributed by atoms with Gasteiger partial charge in [-0.25, -0.2) is 9.97 Å². The maximum absolute atomic E-state index is 4.47. The summed E-state index contributed by atoms with van der Waals surface area (Å²) >= 11 is 0. The highest BCUT2D eigenvalue weighted by Crippen LogP contribution is 2.24. The minimum atomic E-state index is 0.827. The normalized spacial score (nSPS) is 14.3. The lowest BCUT2D eigenvalue weighted by molar-refractivity contribution is 0.709. The van der Waals surface area contributed by atoms with Crippen molar-refractivity contribution in [3.05, 3.63) is 53.0 Å². The number of hydrogen-bond donors (Lipinski definition) is 1. The van der Waals surface area contributed by atoms with Gasteiger partial charge in [0.2, 0.25) is 0 Å². The quantitative estimate of drug-likeness (QED) is 0.863. The first-order valence-electron chi connectivity index (χ1n) is 8.01. The molecule has 0 bridgehead atoms. The minimum Gasteiger partial charge on any atom is -0.366 e. The van der Waals surface area contributed by atoms with Gasteiger partial charge in [-0.05, 0) is 43.2 Å². The Kier molecular flexibility index (Phi) is 4.49. The first-order chi connectivity index (χ1) is 10.4. The van der Waals surface area contributed by atoms with E-state index in [1.54, 1.807) is 6.33 Å². The lowest BCUT2D eigenvalue weighted by Gasteiger charge is -2.12. The first-order valence-corrected chi connectivity index (χ1v) is 8.01. The molecule has 0 fully saturated rings. The molecular formula is C18H23N3. The maximum atomic E-state index is 4.47. The summed E-state index contributed by atoms with van der Waals surface area (Å²) in [5.74, 6) is 1.03. The van der Waals surface area contributed by atoms with E-state index < -0.39 is 0 Å². The van der Waals surface area contributed by atoms with E-state index in [-0.39, 0.29) is 0 Å². The molecule has 0 atom stereocenters. The number of benzene rings is 1. The van der Waals surface area contributed by atoms with Crippen LogP contribution in [0.15, 0.2) is 30.6 Å². The van der Waals surface area contributed by atoms with Gasteiger partial charge in [0.05, 0.1) is 0 Å². The monoisotopic (exact) mass is 281 g/mol. The van der Waals surface area contributed by atoms with Gasteiger partial charge in [0, 0.05) is 17.8 Å². The van der Waals surface area contributed by atoms with Gasteiger partial charge in [0.1, 0.15) is 12.1 Å². The summed E-state index contributed by atoms with van der Waals surface area (Å²) in [6.45, 7) is 3.01. The maximum Gasteiger partial charge on any atom is 0.133 e. The van der Waals surface area contributed by atoms with Gasteiger partial charge in [-0.15, -0.1) is 0 Å². The molecule has 1 aromatic heterocycles. The van der Waals surface area contributed by atoms with E-state index in [2.05, 4.69) is 46.5 Å². The summed E-state index contributed by atoms with van der Waals surface area (Å²) in [6, 6.07) is 8.81. The fraction of sp³-hybridized carbons (Fsp3) is 0.444. The molecular weight excluding hydrogens is 258 g/mol. The second-order valence-electron chi connectivity index (χ2n) is 5.73. The Hall–Kier alpha value is -1.90. The van der Waals surface area contributed by atoms with Crippen molar-refractivity contribution in [2.24, 2.45) is 0 Å². The van der Waals surface area contributed by atoms with Crippen molar-refractivity contribution in [1.29, 1.82) is 0 Å². The summed E-state index contributed by atoms with van der Waals surface area (Å²) in [7, 11) is 0. The number of aromatic nitrogens is 2. The number of nitrogens with one attached hydrogen (secondary N) is 1. The smallest absolute Gasteiger partial charge is 0.133 e. The summed E-state index contributed by atoms with van der Waals surface area (Å²) in [6.07, 6.45) is 8.79. The highest BCUT2D eigenvalue weighted by molar-refractivity contribution is 5.47. The first kappa shape index (κ1) is 14.1. The summed E-state index contributed by atoms with van der Waals surface area (Å²) in [5, 5.41) is 3.50. The van der Waals surface area contributed by atoms with Gasteiger partial charge in [-0.3, -0.25) is 0 Å². The van der Waals surface area contributed by atoms with Gasteiger partial charge in [-0.1, -0.05) is 37.6 Å². The number of anilines is 1. The Balaban J connectivity index is 1.72. The van der Waals surface area contributed by atoms with Gasteiger partial charge in [-0.2, -0.15) is 0 Å². The molecule has 1 heterocycles. The molecule has 0 aliphatic heterocycles. The van der Waals surface area contributed by atoms with E-state index in [9.17, 15) is 0 Å². The average Bonchev–Trinajstić information content (AvgIpc) is 2.79. The van der Waals surface area contributed by atoms with Crippen LogP contribution in [0.3, 0.4) is 0 Å². The molecule has 0 radical (unpaired) electrons. The highest BCUT2D eigenvalue weighted by Gasteiger charge is 2.13. The number of hydrogen-bond acceptors (Lipinski definition) is 3. The fourth-order valence-corrected chi connectivity index (χ4v) is 2.93. The summed E-state index contributed by atoms with van der Waals surface area (Å²) in [4.78, 5) is 8.93. The molecule has 0 saturated carbocycles. The molecule has 0 saturated heterocycles. The van der Waals surface area contributed by atoms with Crippen LogP contribution >= 0.6 is 0 Å². The van der Waals surface area contributed by atoms with Crippen LogP contribution in [0.1, 0.15) is 48.6 Å². The van der Waals surface area contributed by atoms with Crippen molar-refractivity contribution in [2.75, 3.05) is 5.32 Å². The molecule has 3 heteroatoms. The summed E-state index contributed by atoms with van der Waals surface area (Å²) in [5.41, 5.74) is 5.26. The lowest BCUT2D eigenvalue weighted by Crippen LogP contribution is -2.08. The van der Waals surface area contributed by atoms with Crippen molar-refractivity contribution < 1.29 is 0 Å². The fourth-order valence-electron chi connectivity index (χ4n) is 2.93. The van der Waals surface area contributed by atoms with E-state index >= 15 is 0 Å². The van der Waals surface area contributed by atoms with E-state index in [0.29, 0.717) is 0 Å². The van der Waals surface area contributed by atoms with Crippen LogP contribution in [-0.4, -0.2) is 9.97 Å². The van der Waals surface area contributed by atoms with Crippen LogP contribution in [0.4, 0.5) is 5.82 Å². The highest BCUT2D eigenvalue weighted by atomic mass is 15.0. The van der Waals surface area contributed by atoms with Crippen LogP contribution in [-0.2, 0) is 25.8 Å². The molecule has 0 unspecified atom stereocenters. The van der Waals surface area contributed by atoms with Crippen molar-refractivity contribution in [2.45, 2.75) is 52.0 Å². The van der Waals surface area contributed by atoms with Crippen LogP contribution in [0, 0.1) is 0 Å². The second-order valence-corrected chi connectivity index (χ2v) is 5.73. The van der Waals surface area contributed by atoms with Crippen LogP contribution in [0.25, 0.3) is 0 Å². The molecule has 0 spiro atoms. The van der Waals surface area contributed by atoms with Gasteiger partial charge < -0.3 is 5.32 Å². The molecule has 0 amide bonds. The number of nitrogens with zero attached hydrogens (tertiary/aromatic N) is 2. The van der Waals surface area contributed by atoms with Gasteiger partial charge >= 0.3 is 0 Å². The molecule has 1 N–H and O–H groups in total. The Bertz CT molecular complexity index is 590. The van der Waals surface area contributed by atoms with Crippen molar-refractivity contribution in [3.8, 4) is 0 Å². The SMILES string of the molecule is CCc1ccc(CNc2ncnc3c2CCCCC3)cc1. The third-order valence-corrected chi connectivity index (χ3v) is 4.27. The minimum absolute atomic E-state index is 0.827. The average molecular weight is 281 g/mol. The van der Waals surface area contributed by atoms with Crippen LogP contribution in [0.5, 0.6) is 0 Å². The standard InChI is InChI=1S/C18H23N3/c1-2-14-8-10-15(11-9-14)12-19-18-16-6-4-3-5-7-17(16)20-13-21-18/h8-11,13H,2-7,12H2,1H3,(H,19,20,21). The lowest BCUT2D eigenvalue weighted by atomic mass is 10.1. The third-order valence-electron chi connectivity index (χ3n) is 4.27. The molecule has 1 aliphatic carbocycles. The third kappa shape index (κ3) is 3.41. The van der Waals surface area contributed by atoms with E-state index in [4.69, 9.17) is 0 Å². The summed E-state index contributed by atoms with van der Waals surface area (Å²) < 4.78 is 0. The van der Waals surface area contributed by atoms with Crippen LogP contribution < -0.4 is 5.32 Å². The van der Waals surface area contributed by atoms with Crippen LogP contribution in [0.2, 0.25) is 0 Å². The van der Waals surface area contributed by atoms with E-state index in [0.717, 1.165) is 31.6 Å². The molecule has 3 nitrogen and oxygen atoms in total. The van der Waals surface area contributed by atoms with Crippen molar-refractivity contribution >= 4 is 5.82 Å². The van der Waals surface area contributed by atoms with E-state index in [1.165, 1.54) is 41.6 Å². The zero-order valence-electron chi connectivity index (χ0n) is 12.7. The number of aryl methyl sites for hydroxylation is 2. The topological polar surface area (TPSA) is 37.8 Å². The number of fused-ring (bicyclic) bond motifs is 1. The molecule has 21 heavy (non-hydrogen) atoms. The Labute approximate surface area is 126 Å². The molecule has 1 aliphatic rings. The van der Waals surface area contributed by atoms with Gasteiger partial charge in [0.15, 0.2) is 0 Å². The zero-order valence-corrected chi connectivity index (χ0v) is 12.7. The van der Waals surface area contributed by atoms with Crippen molar-refractivity contribution in [3.63, 3.8) is 0 Å². The number of rotatable bonds is 4. The molecule has 3 rings (SSSR count). The Morgan fingerprint density at radius 3 is 2.52 bits per heavy atom. The Morgan fingerprint density at radius 1 is 0.952 bits per heavy atom. The largest absolute Gasteiger partial charge is 0.366 e. The molecule has 1 aromatic carbocycles. The van der Waals surface area contributed by atoms with Gasteiger partial charge in [0.25, 0.3) is 0 Å².